The third-order valence-electron chi connectivity index (χ3n) is 1.68. The highest BCUT2D eigenvalue weighted by Crippen LogP contribution is 2.14. The van der Waals surface area contributed by atoms with E-state index in [0.717, 1.165) is 12.2 Å². The van der Waals surface area contributed by atoms with Crippen LogP contribution in [0, 0.1) is 6.42 Å². The maximum atomic E-state index is 9.16. The number of aliphatic hydroxyl groups is 1. The summed E-state index contributed by atoms with van der Waals surface area (Å²) in [6, 6.07) is 0. The molecule has 2 heteroatoms. The van der Waals surface area contributed by atoms with Gasteiger partial charge in [-0.05, 0) is 32.4 Å². The standard InChI is InChI=1S/C11H15O2/c1-9(2)6-7-13-11-5-3-4-10(12)8-11/h4-6,8,12H,3,7H2,1-2H3. The Balaban J connectivity index is 2.38. The highest BCUT2D eigenvalue weighted by atomic mass is 16.5. The molecule has 1 radical (unpaired) electrons. The summed E-state index contributed by atoms with van der Waals surface area (Å²) in [4.78, 5) is 0. The van der Waals surface area contributed by atoms with E-state index >= 15 is 0 Å². The lowest BCUT2D eigenvalue weighted by atomic mass is 10.1. The lowest BCUT2D eigenvalue weighted by molar-refractivity contribution is 0.254. The average molecular weight is 179 g/mol. The van der Waals surface area contributed by atoms with Gasteiger partial charge >= 0.3 is 0 Å². The van der Waals surface area contributed by atoms with Crippen molar-refractivity contribution in [3.8, 4) is 0 Å². The van der Waals surface area contributed by atoms with Gasteiger partial charge in [0.1, 0.15) is 18.1 Å². The molecule has 0 saturated heterocycles. The van der Waals surface area contributed by atoms with Crippen molar-refractivity contribution in [3.05, 3.63) is 41.7 Å². The van der Waals surface area contributed by atoms with Crippen LogP contribution in [0.2, 0.25) is 0 Å². The van der Waals surface area contributed by atoms with E-state index in [1.807, 2.05) is 26.0 Å². The molecule has 0 fully saturated rings. The van der Waals surface area contributed by atoms with Gasteiger partial charge in [-0.1, -0.05) is 5.57 Å². The second kappa shape index (κ2) is 4.75. The molecule has 0 aromatic heterocycles. The summed E-state index contributed by atoms with van der Waals surface area (Å²) in [6.07, 6.45) is 8.06. The van der Waals surface area contributed by atoms with Gasteiger partial charge in [0.25, 0.3) is 0 Å². The number of allylic oxidation sites excluding steroid dienone is 4. The topological polar surface area (TPSA) is 29.5 Å². The predicted molar refractivity (Wildman–Crippen MR) is 53.1 cm³/mol. The van der Waals surface area contributed by atoms with E-state index in [1.165, 1.54) is 5.57 Å². The first-order chi connectivity index (χ1) is 6.18. The van der Waals surface area contributed by atoms with Crippen LogP contribution in [0.15, 0.2) is 35.3 Å². The summed E-state index contributed by atoms with van der Waals surface area (Å²) in [6.45, 7) is 4.62. The van der Waals surface area contributed by atoms with E-state index < -0.39 is 0 Å². The molecular weight excluding hydrogens is 164 g/mol. The molecular formula is C11H15O2. The molecule has 0 aromatic carbocycles. The minimum Gasteiger partial charge on any atom is -0.512 e. The molecule has 0 heterocycles. The number of hydrogen-bond acceptors (Lipinski definition) is 2. The predicted octanol–water partition coefficient (Wildman–Crippen LogP) is 2.90. The van der Waals surface area contributed by atoms with E-state index in [9.17, 15) is 0 Å². The molecule has 71 valence electrons. The molecule has 1 aliphatic rings. The summed E-state index contributed by atoms with van der Waals surface area (Å²) >= 11 is 0. The van der Waals surface area contributed by atoms with Gasteiger partial charge in [0.15, 0.2) is 0 Å². The summed E-state index contributed by atoms with van der Waals surface area (Å²) in [5, 5.41) is 9.16. The number of hydrogen-bond donors (Lipinski definition) is 1. The van der Waals surface area contributed by atoms with Crippen molar-refractivity contribution >= 4 is 0 Å². The molecule has 0 aliphatic heterocycles. The van der Waals surface area contributed by atoms with Crippen molar-refractivity contribution in [2.24, 2.45) is 0 Å². The van der Waals surface area contributed by atoms with Crippen LogP contribution in [0.3, 0.4) is 0 Å². The van der Waals surface area contributed by atoms with Crippen LogP contribution in [0.4, 0.5) is 0 Å². The van der Waals surface area contributed by atoms with Crippen LogP contribution in [-0.2, 0) is 4.74 Å². The van der Waals surface area contributed by atoms with E-state index in [1.54, 1.807) is 12.5 Å². The normalized spacial score (nSPS) is 15.8. The SMILES string of the molecule is CC(C)=CCOC1=CC[CH]C(O)=C1. The largest absolute Gasteiger partial charge is 0.512 e. The number of aliphatic hydroxyl groups excluding tert-OH is 1. The lowest BCUT2D eigenvalue weighted by Crippen LogP contribution is -1.97. The molecule has 0 aromatic rings. The zero-order chi connectivity index (χ0) is 9.68. The van der Waals surface area contributed by atoms with Crippen LogP contribution in [0.1, 0.15) is 20.3 Å². The van der Waals surface area contributed by atoms with Gasteiger partial charge in [0.2, 0.25) is 0 Å². The van der Waals surface area contributed by atoms with Crippen LogP contribution < -0.4 is 0 Å². The van der Waals surface area contributed by atoms with E-state index in [2.05, 4.69) is 0 Å². The Kier molecular flexibility index (Phi) is 3.62. The first kappa shape index (κ1) is 9.90. The minimum absolute atomic E-state index is 0.287. The average Bonchev–Trinajstić information content (AvgIpc) is 2.03. The Morgan fingerprint density at radius 2 is 2.38 bits per heavy atom. The van der Waals surface area contributed by atoms with Gasteiger partial charge in [0.05, 0.1) is 0 Å². The smallest absolute Gasteiger partial charge is 0.119 e. The van der Waals surface area contributed by atoms with E-state index in [-0.39, 0.29) is 5.76 Å². The van der Waals surface area contributed by atoms with Crippen LogP contribution in [-0.4, -0.2) is 11.7 Å². The highest BCUT2D eigenvalue weighted by Gasteiger charge is 2.03. The Bertz CT molecular complexity index is 255. The van der Waals surface area contributed by atoms with Gasteiger partial charge in [-0.15, -0.1) is 0 Å². The maximum Gasteiger partial charge on any atom is 0.119 e. The molecule has 13 heavy (non-hydrogen) atoms. The number of ether oxygens (including phenoxy) is 1. The van der Waals surface area contributed by atoms with Crippen molar-refractivity contribution < 1.29 is 9.84 Å². The van der Waals surface area contributed by atoms with Gasteiger partial charge in [-0.2, -0.15) is 0 Å². The molecule has 2 nitrogen and oxygen atoms in total. The monoisotopic (exact) mass is 179 g/mol. The third kappa shape index (κ3) is 3.83. The molecule has 1 rings (SSSR count). The quantitative estimate of drug-likeness (QED) is 0.675. The zero-order valence-corrected chi connectivity index (χ0v) is 8.08. The number of rotatable bonds is 3. The Hall–Kier alpha value is -1.18. The van der Waals surface area contributed by atoms with E-state index in [4.69, 9.17) is 9.84 Å². The molecule has 0 atom stereocenters. The summed E-state index contributed by atoms with van der Waals surface area (Å²) in [5.74, 6) is 1.03. The van der Waals surface area contributed by atoms with Crippen LogP contribution in [0.25, 0.3) is 0 Å². The van der Waals surface area contributed by atoms with E-state index in [0.29, 0.717) is 6.61 Å². The Morgan fingerprint density at radius 1 is 1.62 bits per heavy atom. The fraction of sp³-hybridized carbons (Fsp3) is 0.364. The van der Waals surface area contributed by atoms with Gasteiger partial charge < -0.3 is 9.84 Å². The van der Waals surface area contributed by atoms with Crippen LogP contribution >= 0.6 is 0 Å². The zero-order valence-electron chi connectivity index (χ0n) is 8.08. The molecule has 0 spiro atoms. The summed E-state index contributed by atoms with van der Waals surface area (Å²) < 4.78 is 5.39. The molecule has 0 bridgehead atoms. The molecule has 0 unspecified atom stereocenters. The van der Waals surface area contributed by atoms with Crippen molar-refractivity contribution in [2.75, 3.05) is 6.61 Å². The third-order valence-corrected chi connectivity index (χ3v) is 1.68. The second-order valence-corrected chi connectivity index (χ2v) is 3.21. The molecule has 0 saturated carbocycles. The lowest BCUT2D eigenvalue weighted by Gasteiger charge is -2.09. The maximum absolute atomic E-state index is 9.16. The van der Waals surface area contributed by atoms with Crippen LogP contribution in [0.5, 0.6) is 0 Å². The summed E-state index contributed by atoms with van der Waals surface area (Å²) in [7, 11) is 0. The first-order valence-corrected chi connectivity index (χ1v) is 4.38. The fourth-order valence-corrected chi connectivity index (χ4v) is 0.965. The van der Waals surface area contributed by atoms with Crippen molar-refractivity contribution in [1.82, 2.24) is 0 Å². The second-order valence-electron chi connectivity index (χ2n) is 3.21. The van der Waals surface area contributed by atoms with Crippen molar-refractivity contribution in [1.29, 1.82) is 0 Å². The minimum atomic E-state index is 0.287. The fourth-order valence-electron chi connectivity index (χ4n) is 0.965. The first-order valence-electron chi connectivity index (χ1n) is 4.38. The van der Waals surface area contributed by atoms with Gasteiger partial charge in [-0.3, -0.25) is 0 Å². The summed E-state index contributed by atoms with van der Waals surface area (Å²) in [5.41, 5.74) is 1.23. The molecule has 0 amide bonds. The highest BCUT2D eigenvalue weighted by molar-refractivity contribution is 5.25. The molecule has 1 N–H and O–H groups in total. The van der Waals surface area contributed by atoms with Crippen molar-refractivity contribution in [3.63, 3.8) is 0 Å². The van der Waals surface area contributed by atoms with Gasteiger partial charge in [-0.25, -0.2) is 0 Å². The van der Waals surface area contributed by atoms with Crippen molar-refractivity contribution in [2.45, 2.75) is 20.3 Å². The van der Waals surface area contributed by atoms with Gasteiger partial charge in [0, 0.05) is 12.5 Å². The molecule has 1 aliphatic carbocycles. The Morgan fingerprint density at radius 3 is 3.00 bits per heavy atom. The Labute approximate surface area is 79.2 Å².